The summed E-state index contributed by atoms with van der Waals surface area (Å²) in [5.41, 5.74) is 2.16. The molecule has 150 valence electrons. The molecule has 1 N–H and O–H groups in total. The first-order chi connectivity index (χ1) is 14.7. The number of aromatic nitrogens is 2. The molecule has 0 aliphatic rings. The van der Waals surface area contributed by atoms with Gasteiger partial charge in [-0.2, -0.15) is 0 Å². The zero-order valence-corrected chi connectivity index (χ0v) is 16.5. The lowest BCUT2D eigenvalue weighted by Gasteiger charge is -2.23. The number of H-pyrrole nitrogens is 1. The van der Waals surface area contributed by atoms with Crippen LogP contribution in [0.4, 0.5) is 5.69 Å². The van der Waals surface area contributed by atoms with Crippen molar-refractivity contribution < 1.29 is 9.53 Å². The molecule has 4 aromatic rings. The van der Waals surface area contributed by atoms with E-state index in [0.29, 0.717) is 23.4 Å². The summed E-state index contributed by atoms with van der Waals surface area (Å²) < 4.78 is 5.50. The first kappa shape index (κ1) is 19.4. The van der Waals surface area contributed by atoms with Crippen LogP contribution in [0.15, 0.2) is 83.9 Å². The maximum absolute atomic E-state index is 13.3. The maximum Gasteiger partial charge on any atom is 0.260 e. The van der Waals surface area contributed by atoms with Crippen LogP contribution < -0.4 is 15.2 Å². The number of rotatable bonds is 6. The number of hydrogen-bond donors (Lipinski definition) is 1. The van der Waals surface area contributed by atoms with Gasteiger partial charge >= 0.3 is 0 Å². The van der Waals surface area contributed by atoms with Crippen LogP contribution in [0.2, 0.25) is 0 Å². The van der Waals surface area contributed by atoms with Crippen LogP contribution in [0.5, 0.6) is 5.75 Å². The Bertz CT molecular complexity index is 1220. The molecule has 4 rings (SSSR count). The number of hydrogen-bond acceptors (Lipinski definition) is 4. The van der Waals surface area contributed by atoms with Gasteiger partial charge in [-0.05, 0) is 60.8 Å². The third-order valence-electron chi connectivity index (χ3n) is 4.77. The van der Waals surface area contributed by atoms with Crippen molar-refractivity contribution in [3.05, 3.63) is 101 Å². The summed E-state index contributed by atoms with van der Waals surface area (Å²) >= 11 is 0. The maximum atomic E-state index is 13.3. The van der Waals surface area contributed by atoms with Gasteiger partial charge in [0, 0.05) is 29.2 Å². The molecule has 0 aliphatic carbocycles. The number of nitrogens with one attached hydrogen (secondary N) is 1. The van der Waals surface area contributed by atoms with Crippen molar-refractivity contribution >= 4 is 22.5 Å². The van der Waals surface area contributed by atoms with E-state index in [1.54, 1.807) is 23.2 Å². The number of para-hydroxylation sites is 1. The monoisotopic (exact) mass is 399 g/mol. The number of carbonyl (C=O) groups is 1. The SMILES string of the molecule is CCOc1ccc(N(Cc2cc3ccccc3[nH]c2=O)C(=O)c2cccnc2)cc1. The molecule has 0 bridgehead atoms. The first-order valence-electron chi connectivity index (χ1n) is 9.71. The number of pyridine rings is 2. The zero-order chi connectivity index (χ0) is 20.9. The summed E-state index contributed by atoms with van der Waals surface area (Å²) in [5, 5.41) is 0.910. The minimum Gasteiger partial charge on any atom is -0.494 e. The van der Waals surface area contributed by atoms with Gasteiger partial charge in [0.1, 0.15) is 5.75 Å². The molecule has 6 heteroatoms. The van der Waals surface area contributed by atoms with Crippen LogP contribution in [0.1, 0.15) is 22.8 Å². The van der Waals surface area contributed by atoms with Crippen molar-refractivity contribution in [2.75, 3.05) is 11.5 Å². The second kappa shape index (κ2) is 8.61. The summed E-state index contributed by atoms with van der Waals surface area (Å²) in [6.45, 7) is 2.60. The quantitative estimate of drug-likeness (QED) is 0.528. The summed E-state index contributed by atoms with van der Waals surface area (Å²) in [4.78, 5) is 34.5. The van der Waals surface area contributed by atoms with Gasteiger partial charge in [-0.1, -0.05) is 18.2 Å². The largest absolute Gasteiger partial charge is 0.494 e. The van der Waals surface area contributed by atoms with Gasteiger partial charge in [0.25, 0.3) is 11.5 Å². The molecule has 0 aliphatic heterocycles. The summed E-state index contributed by atoms with van der Waals surface area (Å²) in [5.74, 6) is 0.485. The minimum absolute atomic E-state index is 0.127. The van der Waals surface area contributed by atoms with Gasteiger partial charge in [-0.25, -0.2) is 0 Å². The second-order valence-corrected chi connectivity index (χ2v) is 6.77. The lowest BCUT2D eigenvalue weighted by atomic mass is 10.1. The number of carbonyl (C=O) groups excluding carboxylic acids is 1. The van der Waals surface area contributed by atoms with E-state index >= 15 is 0 Å². The van der Waals surface area contributed by atoms with E-state index in [9.17, 15) is 9.59 Å². The van der Waals surface area contributed by atoms with Crippen molar-refractivity contribution in [3.8, 4) is 5.75 Å². The summed E-state index contributed by atoms with van der Waals surface area (Å²) in [7, 11) is 0. The molecule has 6 nitrogen and oxygen atoms in total. The molecule has 0 spiro atoms. The number of nitrogens with zero attached hydrogens (tertiary/aromatic N) is 2. The Hall–Kier alpha value is -3.93. The van der Waals surface area contributed by atoms with E-state index in [0.717, 1.165) is 16.7 Å². The normalized spacial score (nSPS) is 10.7. The lowest BCUT2D eigenvalue weighted by Crippen LogP contribution is -2.33. The molecule has 30 heavy (non-hydrogen) atoms. The molecule has 1 amide bonds. The highest BCUT2D eigenvalue weighted by atomic mass is 16.5. The second-order valence-electron chi connectivity index (χ2n) is 6.77. The molecule has 0 fully saturated rings. The fourth-order valence-corrected chi connectivity index (χ4v) is 3.29. The number of anilines is 1. The molecular weight excluding hydrogens is 378 g/mol. The molecule has 2 aromatic heterocycles. The van der Waals surface area contributed by atoms with Crippen molar-refractivity contribution in [1.82, 2.24) is 9.97 Å². The van der Waals surface area contributed by atoms with Gasteiger partial charge in [0.15, 0.2) is 0 Å². The highest BCUT2D eigenvalue weighted by Crippen LogP contribution is 2.23. The smallest absolute Gasteiger partial charge is 0.260 e. The molecule has 0 unspecified atom stereocenters. The highest BCUT2D eigenvalue weighted by Gasteiger charge is 2.20. The Morgan fingerprint density at radius 1 is 1.07 bits per heavy atom. The Morgan fingerprint density at radius 3 is 2.60 bits per heavy atom. The Morgan fingerprint density at radius 2 is 1.87 bits per heavy atom. The van der Waals surface area contributed by atoms with Crippen LogP contribution in [-0.2, 0) is 6.54 Å². The van der Waals surface area contributed by atoms with Crippen molar-refractivity contribution in [3.63, 3.8) is 0 Å². The molecular formula is C24H21N3O3. The third-order valence-corrected chi connectivity index (χ3v) is 4.77. The van der Waals surface area contributed by atoms with Crippen molar-refractivity contribution in [1.29, 1.82) is 0 Å². The molecule has 0 saturated carbocycles. The standard InChI is InChI=1S/C24H21N3O3/c1-2-30-21-11-9-20(10-12-21)27(24(29)18-7-5-13-25-15-18)16-19-14-17-6-3-4-8-22(17)26-23(19)28/h3-15H,2,16H2,1H3,(H,26,28). The van der Waals surface area contributed by atoms with Crippen LogP contribution in [0.25, 0.3) is 10.9 Å². The average Bonchev–Trinajstić information content (AvgIpc) is 2.79. The van der Waals surface area contributed by atoms with Gasteiger partial charge < -0.3 is 14.6 Å². The van der Waals surface area contributed by atoms with Crippen molar-refractivity contribution in [2.45, 2.75) is 13.5 Å². The molecule has 0 radical (unpaired) electrons. The Labute approximate surface area is 173 Å². The topological polar surface area (TPSA) is 75.3 Å². The number of fused-ring (bicyclic) bond motifs is 1. The van der Waals surface area contributed by atoms with Gasteiger partial charge in [0.05, 0.1) is 18.7 Å². The highest BCUT2D eigenvalue weighted by molar-refractivity contribution is 6.05. The zero-order valence-electron chi connectivity index (χ0n) is 16.5. The molecule has 0 atom stereocenters. The average molecular weight is 399 g/mol. The number of benzene rings is 2. The summed E-state index contributed by atoms with van der Waals surface area (Å²) in [6.07, 6.45) is 3.14. The van der Waals surface area contributed by atoms with E-state index in [-0.39, 0.29) is 18.0 Å². The lowest BCUT2D eigenvalue weighted by molar-refractivity contribution is 0.0984. The molecule has 0 saturated heterocycles. The number of aromatic amines is 1. The fourth-order valence-electron chi connectivity index (χ4n) is 3.29. The van der Waals surface area contributed by atoms with Crippen LogP contribution in [-0.4, -0.2) is 22.5 Å². The van der Waals surface area contributed by atoms with Gasteiger partial charge in [-0.15, -0.1) is 0 Å². The predicted octanol–water partition coefficient (Wildman–Crippen LogP) is 4.17. The van der Waals surface area contributed by atoms with E-state index in [1.165, 1.54) is 6.20 Å². The summed E-state index contributed by atoms with van der Waals surface area (Å²) in [6, 6.07) is 20.1. The molecule has 2 heterocycles. The van der Waals surface area contributed by atoms with E-state index in [4.69, 9.17) is 4.74 Å². The van der Waals surface area contributed by atoms with Crippen LogP contribution in [0.3, 0.4) is 0 Å². The number of amides is 1. The van der Waals surface area contributed by atoms with E-state index < -0.39 is 0 Å². The van der Waals surface area contributed by atoms with Crippen LogP contribution in [0, 0.1) is 0 Å². The first-order valence-corrected chi connectivity index (χ1v) is 9.71. The van der Waals surface area contributed by atoms with Crippen LogP contribution >= 0.6 is 0 Å². The van der Waals surface area contributed by atoms with Crippen molar-refractivity contribution in [2.24, 2.45) is 0 Å². The Kier molecular flexibility index (Phi) is 5.57. The Balaban J connectivity index is 1.74. The predicted molar refractivity (Wildman–Crippen MR) is 117 cm³/mol. The van der Waals surface area contributed by atoms with Gasteiger partial charge in [0.2, 0.25) is 0 Å². The molecule has 2 aromatic carbocycles. The van der Waals surface area contributed by atoms with E-state index in [2.05, 4.69) is 9.97 Å². The third kappa shape index (κ3) is 4.07. The fraction of sp³-hybridized carbons (Fsp3) is 0.125. The van der Waals surface area contributed by atoms with E-state index in [1.807, 2.05) is 61.5 Å². The minimum atomic E-state index is -0.236. The number of ether oxygens (including phenoxy) is 1. The van der Waals surface area contributed by atoms with Gasteiger partial charge in [-0.3, -0.25) is 14.6 Å².